The van der Waals surface area contributed by atoms with Crippen LogP contribution in [0.3, 0.4) is 0 Å². The molecule has 0 aromatic heterocycles. The van der Waals surface area contributed by atoms with Gasteiger partial charge in [0.25, 0.3) is 0 Å². The van der Waals surface area contributed by atoms with Crippen molar-refractivity contribution in [1.29, 1.82) is 0 Å². The van der Waals surface area contributed by atoms with Crippen molar-refractivity contribution in [3.05, 3.63) is 27.7 Å². The van der Waals surface area contributed by atoms with Crippen LogP contribution in [0.2, 0.25) is 0 Å². The topological polar surface area (TPSA) is 21.3 Å². The van der Waals surface area contributed by atoms with Crippen LogP contribution in [-0.4, -0.2) is 19.2 Å². The first-order valence-electron chi connectivity index (χ1n) is 5.31. The molecule has 0 bridgehead atoms. The van der Waals surface area contributed by atoms with E-state index < -0.39 is 0 Å². The molecule has 3 heteroatoms. The molecule has 82 valence electrons. The van der Waals surface area contributed by atoms with E-state index in [-0.39, 0.29) is 0 Å². The third-order valence-electron chi connectivity index (χ3n) is 2.93. The predicted molar refractivity (Wildman–Crippen MR) is 65.5 cm³/mol. The Kier molecular flexibility index (Phi) is 3.32. The lowest BCUT2D eigenvalue weighted by molar-refractivity contribution is 0.221. The Balaban J connectivity index is 2.17. The normalized spacial score (nSPS) is 20.6. The Hall–Kier alpha value is -0.540. The van der Waals surface area contributed by atoms with Crippen molar-refractivity contribution >= 4 is 15.9 Å². The minimum atomic E-state index is 0.323. The summed E-state index contributed by atoms with van der Waals surface area (Å²) in [6.45, 7) is 6.24. The SMILES string of the molecule is Cc1ccc(OC2CCNC2)c(Br)c1C. The Morgan fingerprint density at radius 2 is 2.20 bits per heavy atom. The minimum absolute atomic E-state index is 0.323. The Morgan fingerprint density at radius 3 is 2.87 bits per heavy atom. The van der Waals surface area contributed by atoms with Crippen LogP contribution in [0.5, 0.6) is 5.75 Å². The average molecular weight is 270 g/mol. The first kappa shape index (κ1) is 11.0. The van der Waals surface area contributed by atoms with Crippen LogP contribution >= 0.6 is 15.9 Å². The highest BCUT2D eigenvalue weighted by Crippen LogP contribution is 2.31. The van der Waals surface area contributed by atoms with Crippen LogP contribution in [0.1, 0.15) is 17.5 Å². The van der Waals surface area contributed by atoms with E-state index in [4.69, 9.17) is 4.74 Å². The van der Waals surface area contributed by atoms with Gasteiger partial charge in [0.2, 0.25) is 0 Å². The quantitative estimate of drug-likeness (QED) is 0.892. The Morgan fingerprint density at radius 1 is 1.40 bits per heavy atom. The third-order valence-corrected chi connectivity index (χ3v) is 3.92. The summed E-state index contributed by atoms with van der Waals surface area (Å²) in [5.41, 5.74) is 2.55. The molecule has 2 nitrogen and oxygen atoms in total. The summed E-state index contributed by atoms with van der Waals surface area (Å²) in [5, 5.41) is 3.30. The number of benzene rings is 1. The van der Waals surface area contributed by atoms with Crippen molar-refractivity contribution in [3.8, 4) is 5.75 Å². The molecule has 2 rings (SSSR count). The monoisotopic (exact) mass is 269 g/mol. The van der Waals surface area contributed by atoms with Crippen molar-refractivity contribution < 1.29 is 4.74 Å². The molecule has 0 saturated carbocycles. The zero-order valence-corrected chi connectivity index (χ0v) is 10.7. The van der Waals surface area contributed by atoms with Gasteiger partial charge < -0.3 is 10.1 Å². The summed E-state index contributed by atoms with van der Waals surface area (Å²) in [5.74, 6) is 0.965. The molecule has 1 aliphatic heterocycles. The lowest BCUT2D eigenvalue weighted by atomic mass is 10.1. The standard InChI is InChI=1S/C12H16BrNO/c1-8-3-4-11(12(13)9(8)2)15-10-5-6-14-7-10/h3-4,10,14H,5-7H2,1-2H3. The lowest BCUT2D eigenvalue weighted by Crippen LogP contribution is -2.19. The fraction of sp³-hybridized carbons (Fsp3) is 0.500. The van der Waals surface area contributed by atoms with Gasteiger partial charge in [0.15, 0.2) is 0 Å². The smallest absolute Gasteiger partial charge is 0.134 e. The van der Waals surface area contributed by atoms with Crippen LogP contribution in [-0.2, 0) is 0 Å². The highest BCUT2D eigenvalue weighted by molar-refractivity contribution is 9.10. The van der Waals surface area contributed by atoms with Crippen LogP contribution in [0, 0.1) is 13.8 Å². The second kappa shape index (κ2) is 4.54. The summed E-state index contributed by atoms with van der Waals surface area (Å²) in [6.07, 6.45) is 1.42. The number of nitrogens with one attached hydrogen (secondary N) is 1. The highest BCUT2D eigenvalue weighted by Gasteiger charge is 2.17. The van der Waals surface area contributed by atoms with E-state index in [1.54, 1.807) is 0 Å². The summed E-state index contributed by atoms with van der Waals surface area (Å²) in [4.78, 5) is 0. The van der Waals surface area contributed by atoms with Crippen molar-refractivity contribution in [2.24, 2.45) is 0 Å². The van der Waals surface area contributed by atoms with Gasteiger partial charge in [0.1, 0.15) is 11.9 Å². The molecular weight excluding hydrogens is 254 g/mol. The van der Waals surface area contributed by atoms with Crippen LogP contribution in [0.15, 0.2) is 16.6 Å². The molecular formula is C12H16BrNO. The van der Waals surface area contributed by atoms with Gasteiger partial charge in [-0.25, -0.2) is 0 Å². The second-order valence-electron chi connectivity index (χ2n) is 4.05. The van der Waals surface area contributed by atoms with Gasteiger partial charge in [-0.2, -0.15) is 0 Å². The molecule has 1 aromatic carbocycles. The van der Waals surface area contributed by atoms with E-state index >= 15 is 0 Å². The first-order valence-corrected chi connectivity index (χ1v) is 6.11. The van der Waals surface area contributed by atoms with Gasteiger partial charge in [-0.15, -0.1) is 0 Å². The molecule has 1 aromatic rings. The molecule has 0 spiro atoms. The predicted octanol–water partition coefficient (Wildman–Crippen LogP) is 2.81. The number of halogens is 1. The molecule has 1 N–H and O–H groups in total. The summed E-state index contributed by atoms with van der Waals surface area (Å²) >= 11 is 3.59. The minimum Gasteiger partial charge on any atom is -0.488 e. The lowest BCUT2D eigenvalue weighted by Gasteiger charge is -2.15. The molecule has 1 saturated heterocycles. The van der Waals surface area contributed by atoms with Crippen molar-refractivity contribution in [1.82, 2.24) is 5.32 Å². The molecule has 1 aliphatic rings. The third kappa shape index (κ3) is 2.34. The van der Waals surface area contributed by atoms with Gasteiger partial charge in [-0.3, -0.25) is 0 Å². The maximum atomic E-state index is 5.93. The molecule has 1 unspecified atom stereocenters. The largest absolute Gasteiger partial charge is 0.488 e. The zero-order chi connectivity index (χ0) is 10.8. The molecule has 0 aliphatic carbocycles. The summed E-state index contributed by atoms with van der Waals surface area (Å²) in [7, 11) is 0. The van der Waals surface area contributed by atoms with E-state index in [2.05, 4.69) is 41.2 Å². The molecule has 1 atom stereocenters. The van der Waals surface area contributed by atoms with E-state index in [1.807, 2.05) is 6.07 Å². The maximum absolute atomic E-state index is 5.93. The van der Waals surface area contributed by atoms with Gasteiger partial charge in [-0.05, 0) is 59.9 Å². The van der Waals surface area contributed by atoms with Crippen LogP contribution in [0.25, 0.3) is 0 Å². The van der Waals surface area contributed by atoms with E-state index in [0.29, 0.717) is 6.10 Å². The first-order chi connectivity index (χ1) is 7.18. The fourth-order valence-corrected chi connectivity index (χ4v) is 2.29. The molecule has 1 fully saturated rings. The van der Waals surface area contributed by atoms with Crippen LogP contribution < -0.4 is 10.1 Å². The molecule has 0 radical (unpaired) electrons. The van der Waals surface area contributed by atoms with Crippen molar-refractivity contribution in [2.75, 3.05) is 13.1 Å². The maximum Gasteiger partial charge on any atom is 0.134 e. The van der Waals surface area contributed by atoms with Gasteiger partial charge in [0, 0.05) is 6.54 Å². The van der Waals surface area contributed by atoms with Crippen LogP contribution in [0.4, 0.5) is 0 Å². The summed E-state index contributed by atoms with van der Waals surface area (Å²) in [6, 6.07) is 4.16. The number of hydrogen-bond donors (Lipinski definition) is 1. The Bertz CT molecular complexity index is 359. The summed E-state index contributed by atoms with van der Waals surface area (Å²) < 4.78 is 7.02. The van der Waals surface area contributed by atoms with E-state index in [9.17, 15) is 0 Å². The Labute approximate surface area is 99.1 Å². The number of ether oxygens (including phenoxy) is 1. The molecule has 0 amide bonds. The molecule has 1 heterocycles. The molecule has 15 heavy (non-hydrogen) atoms. The van der Waals surface area contributed by atoms with E-state index in [0.717, 1.165) is 29.7 Å². The van der Waals surface area contributed by atoms with Crippen molar-refractivity contribution in [3.63, 3.8) is 0 Å². The average Bonchev–Trinajstić information content (AvgIpc) is 2.72. The highest BCUT2D eigenvalue weighted by atomic mass is 79.9. The van der Waals surface area contributed by atoms with Crippen molar-refractivity contribution in [2.45, 2.75) is 26.4 Å². The fourth-order valence-electron chi connectivity index (χ4n) is 1.76. The second-order valence-corrected chi connectivity index (χ2v) is 4.85. The number of rotatable bonds is 2. The van der Waals surface area contributed by atoms with Gasteiger partial charge in [-0.1, -0.05) is 6.07 Å². The van der Waals surface area contributed by atoms with Gasteiger partial charge in [0.05, 0.1) is 4.47 Å². The number of aryl methyl sites for hydroxylation is 1. The number of hydrogen-bond acceptors (Lipinski definition) is 2. The zero-order valence-electron chi connectivity index (χ0n) is 9.14. The van der Waals surface area contributed by atoms with Gasteiger partial charge >= 0.3 is 0 Å². The van der Waals surface area contributed by atoms with E-state index in [1.165, 1.54) is 11.1 Å².